The van der Waals surface area contributed by atoms with Crippen LogP contribution in [0, 0.1) is 5.92 Å². The average molecular weight is 166 g/mol. The molecule has 1 fully saturated rings. The molecule has 0 heterocycles. The standard InChI is InChI=1S/C11H18O/c1-8-3-2-4-9-7-10(12)5-6-11(8)9/h9-10,12H,2-7H2,1H3/t9-,10-/m1/s1. The lowest BCUT2D eigenvalue weighted by molar-refractivity contribution is 0.117. The number of fused-ring (bicyclic) bond motifs is 1. The fraction of sp³-hybridized carbons (Fsp3) is 0.818. The van der Waals surface area contributed by atoms with Gasteiger partial charge in [0.1, 0.15) is 0 Å². The summed E-state index contributed by atoms with van der Waals surface area (Å²) < 4.78 is 0. The normalized spacial score (nSPS) is 36.5. The van der Waals surface area contributed by atoms with E-state index in [9.17, 15) is 5.11 Å². The Balaban J connectivity index is 2.16. The number of aliphatic hydroxyl groups is 1. The summed E-state index contributed by atoms with van der Waals surface area (Å²) in [6.07, 6.45) is 7.16. The summed E-state index contributed by atoms with van der Waals surface area (Å²) in [4.78, 5) is 0. The molecule has 0 aromatic heterocycles. The predicted octanol–water partition coefficient (Wildman–Crippen LogP) is 2.65. The van der Waals surface area contributed by atoms with Gasteiger partial charge in [-0.1, -0.05) is 11.1 Å². The largest absolute Gasteiger partial charge is 0.393 e. The molecule has 0 spiro atoms. The highest BCUT2D eigenvalue weighted by atomic mass is 16.3. The highest BCUT2D eigenvalue weighted by molar-refractivity contribution is 5.20. The van der Waals surface area contributed by atoms with E-state index in [0.29, 0.717) is 0 Å². The Hall–Kier alpha value is -0.300. The monoisotopic (exact) mass is 166 g/mol. The van der Waals surface area contributed by atoms with Crippen LogP contribution in [-0.2, 0) is 0 Å². The Morgan fingerprint density at radius 3 is 2.92 bits per heavy atom. The molecule has 0 aromatic rings. The molecule has 0 unspecified atom stereocenters. The highest BCUT2D eigenvalue weighted by Gasteiger charge is 2.27. The zero-order chi connectivity index (χ0) is 8.55. The van der Waals surface area contributed by atoms with Gasteiger partial charge in [0.2, 0.25) is 0 Å². The molecule has 2 aliphatic rings. The second-order valence-electron chi connectivity index (χ2n) is 4.32. The number of aliphatic hydroxyl groups excluding tert-OH is 1. The van der Waals surface area contributed by atoms with Gasteiger partial charge in [0.15, 0.2) is 0 Å². The molecule has 1 nitrogen and oxygen atoms in total. The van der Waals surface area contributed by atoms with Gasteiger partial charge >= 0.3 is 0 Å². The summed E-state index contributed by atoms with van der Waals surface area (Å²) in [5, 5.41) is 9.51. The van der Waals surface area contributed by atoms with Crippen molar-refractivity contribution in [3.63, 3.8) is 0 Å². The maximum Gasteiger partial charge on any atom is 0.0549 e. The number of hydrogen-bond donors (Lipinski definition) is 1. The van der Waals surface area contributed by atoms with Crippen molar-refractivity contribution in [3.05, 3.63) is 11.1 Å². The number of hydrogen-bond acceptors (Lipinski definition) is 1. The molecule has 68 valence electrons. The summed E-state index contributed by atoms with van der Waals surface area (Å²) >= 11 is 0. The first-order chi connectivity index (χ1) is 5.77. The van der Waals surface area contributed by atoms with Crippen LogP contribution in [0.4, 0.5) is 0 Å². The maximum atomic E-state index is 9.51. The molecule has 0 amide bonds. The van der Waals surface area contributed by atoms with Crippen molar-refractivity contribution in [2.75, 3.05) is 0 Å². The quantitative estimate of drug-likeness (QED) is 0.548. The third kappa shape index (κ3) is 1.42. The molecule has 1 N–H and O–H groups in total. The van der Waals surface area contributed by atoms with Crippen LogP contribution in [0.5, 0.6) is 0 Å². The van der Waals surface area contributed by atoms with E-state index < -0.39 is 0 Å². The lowest BCUT2D eigenvalue weighted by atomic mass is 9.74. The molecule has 0 aromatic carbocycles. The van der Waals surface area contributed by atoms with Gasteiger partial charge in [-0.05, 0) is 51.4 Å². The van der Waals surface area contributed by atoms with Gasteiger partial charge < -0.3 is 5.11 Å². The molecular formula is C11H18O. The van der Waals surface area contributed by atoms with Crippen LogP contribution in [0.1, 0.15) is 45.4 Å². The summed E-state index contributed by atoms with van der Waals surface area (Å²) in [5.74, 6) is 0.738. The molecule has 0 saturated heterocycles. The van der Waals surface area contributed by atoms with Crippen LogP contribution in [0.2, 0.25) is 0 Å². The van der Waals surface area contributed by atoms with Gasteiger partial charge in [0.05, 0.1) is 6.10 Å². The molecule has 2 aliphatic carbocycles. The predicted molar refractivity (Wildman–Crippen MR) is 49.9 cm³/mol. The van der Waals surface area contributed by atoms with Crippen molar-refractivity contribution in [2.24, 2.45) is 5.92 Å². The van der Waals surface area contributed by atoms with E-state index in [1.807, 2.05) is 0 Å². The molecule has 0 aliphatic heterocycles. The van der Waals surface area contributed by atoms with Crippen LogP contribution in [0.15, 0.2) is 11.1 Å². The van der Waals surface area contributed by atoms with Crippen LogP contribution in [-0.4, -0.2) is 11.2 Å². The minimum atomic E-state index is -0.00958. The number of allylic oxidation sites excluding steroid dienone is 2. The first-order valence-corrected chi connectivity index (χ1v) is 5.14. The summed E-state index contributed by atoms with van der Waals surface area (Å²) in [6, 6.07) is 0. The van der Waals surface area contributed by atoms with Gasteiger partial charge in [-0.3, -0.25) is 0 Å². The second-order valence-corrected chi connectivity index (χ2v) is 4.32. The first kappa shape index (κ1) is 8.31. The van der Waals surface area contributed by atoms with Crippen molar-refractivity contribution in [2.45, 2.75) is 51.6 Å². The van der Waals surface area contributed by atoms with E-state index in [2.05, 4.69) is 6.92 Å². The van der Waals surface area contributed by atoms with Crippen LogP contribution < -0.4 is 0 Å². The van der Waals surface area contributed by atoms with Crippen LogP contribution in [0.25, 0.3) is 0 Å². The van der Waals surface area contributed by atoms with Crippen molar-refractivity contribution in [1.82, 2.24) is 0 Å². The van der Waals surface area contributed by atoms with E-state index in [1.165, 1.54) is 19.3 Å². The zero-order valence-corrected chi connectivity index (χ0v) is 7.84. The molecule has 2 atom stereocenters. The van der Waals surface area contributed by atoms with E-state index in [1.54, 1.807) is 11.1 Å². The lowest BCUT2D eigenvalue weighted by Crippen LogP contribution is -2.24. The smallest absolute Gasteiger partial charge is 0.0549 e. The Morgan fingerprint density at radius 1 is 1.25 bits per heavy atom. The third-order valence-corrected chi connectivity index (χ3v) is 3.45. The number of rotatable bonds is 0. The Bertz CT molecular complexity index is 205. The molecule has 1 heteroatoms. The fourth-order valence-corrected chi connectivity index (χ4v) is 2.74. The Morgan fingerprint density at radius 2 is 2.08 bits per heavy atom. The molecule has 0 bridgehead atoms. The summed E-state index contributed by atoms with van der Waals surface area (Å²) in [5.41, 5.74) is 3.31. The van der Waals surface area contributed by atoms with E-state index in [-0.39, 0.29) is 6.10 Å². The molecule has 2 rings (SSSR count). The second kappa shape index (κ2) is 3.21. The van der Waals surface area contributed by atoms with Gasteiger partial charge in [-0.2, -0.15) is 0 Å². The minimum absolute atomic E-state index is 0.00958. The topological polar surface area (TPSA) is 20.2 Å². The van der Waals surface area contributed by atoms with E-state index in [4.69, 9.17) is 0 Å². The van der Waals surface area contributed by atoms with Gasteiger partial charge in [-0.15, -0.1) is 0 Å². The van der Waals surface area contributed by atoms with Crippen molar-refractivity contribution < 1.29 is 5.11 Å². The van der Waals surface area contributed by atoms with Crippen molar-refractivity contribution >= 4 is 0 Å². The fourth-order valence-electron chi connectivity index (χ4n) is 2.74. The minimum Gasteiger partial charge on any atom is -0.393 e. The van der Waals surface area contributed by atoms with Crippen LogP contribution >= 0.6 is 0 Å². The third-order valence-electron chi connectivity index (χ3n) is 3.45. The molecule has 1 saturated carbocycles. The molecule has 12 heavy (non-hydrogen) atoms. The van der Waals surface area contributed by atoms with Gasteiger partial charge in [-0.25, -0.2) is 0 Å². The molecule has 0 radical (unpaired) electrons. The Labute approximate surface area is 74.5 Å². The average Bonchev–Trinajstić information content (AvgIpc) is 2.04. The van der Waals surface area contributed by atoms with E-state index >= 15 is 0 Å². The zero-order valence-electron chi connectivity index (χ0n) is 7.84. The summed E-state index contributed by atoms with van der Waals surface area (Å²) in [7, 11) is 0. The van der Waals surface area contributed by atoms with Crippen LogP contribution in [0.3, 0.4) is 0 Å². The Kier molecular flexibility index (Phi) is 2.22. The maximum absolute atomic E-state index is 9.51. The summed E-state index contributed by atoms with van der Waals surface area (Å²) in [6.45, 7) is 2.28. The lowest BCUT2D eigenvalue weighted by Gasteiger charge is -2.33. The highest BCUT2D eigenvalue weighted by Crippen LogP contribution is 2.39. The van der Waals surface area contributed by atoms with Gasteiger partial charge in [0, 0.05) is 0 Å². The van der Waals surface area contributed by atoms with Gasteiger partial charge in [0.25, 0.3) is 0 Å². The van der Waals surface area contributed by atoms with Crippen molar-refractivity contribution in [3.8, 4) is 0 Å². The first-order valence-electron chi connectivity index (χ1n) is 5.14. The van der Waals surface area contributed by atoms with Crippen molar-refractivity contribution in [1.29, 1.82) is 0 Å². The SMILES string of the molecule is CC1=C2CC[C@@H](O)C[C@H]2CCC1. The van der Waals surface area contributed by atoms with E-state index in [0.717, 1.165) is 25.2 Å². The molecular weight excluding hydrogens is 148 g/mol.